The summed E-state index contributed by atoms with van der Waals surface area (Å²) in [6.07, 6.45) is 2.73. The number of halogens is 1. The Bertz CT molecular complexity index is 538. The van der Waals surface area contributed by atoms with Crippen molar-refractivity contribution in [3.05, 3.63) is 28.2 Å². The van der Waals surface area contributed by atoms with Gasteiger partial charge in [-0.2, -0.15) is 0 Å². The van der Waals surface area contributed by atoms with Gasteiger partial charge in [0.15, 0.2) is 0 Å². The summed E-state index contributed by atoms with van der Waals surface area (Å²) in [5.74, 6) is 0. The zero-order valence-corrected chi connectivity index (χ0v) is 13.4. The van der Waals surface area contributed by atoms with Crippen LogP contribution in [-0.4, -0.2) is 27.5 Å². The van der Waals surface area contributed by atoms with Crippen molar-refractivity contribution in [3.63, 3.8) is 0 Å². The first kappa shape index (κ1) is 15.0. The predicted molar refractivity (Wildman–Crippen MR) is 79.7 cm³/mol. The lowest BCUT2D eigenvalue weighted by Crippen LogP contribution is -2.35. The highest BCUT2D eigenvalue weighted by molar-refractivity contribution is 9.10. The van der Waals surface area contributed by atoms with E-state index in [0.717, 1.165) is 42.4 Å². The molecule has 0 saturated carbocycles. The van der Waals surface area contributed by atoms with Crippen molar-refractivity contribution in [2.24, 2.45) is 0 Å². The predicted octanol–water partition coefficient (Wildman–Crippen LogP) is 2.18. The maximum absolute atomic E-state index is 12.4. The number of hydrogen-bond acceptors (Lipinski definition) is 3. The minimum absolute atomic E-state index is 0.0263. The maximum Gasteiger partial charge on any atom is 0.241 e. The van der Waals surface area contributed by atoms with E-state index in [1.165, 1.54) is 0 Å². The average molecular weight is 347 g/mol. The molecule has 0 radical (unpaired) electrons. The highest BCUT2D eigenvalue weighted by Gasteiger charge is 2.22. The number of sulfonamides is 1. The maximum atomic E-state index is 12.4. The minimum atomic E-state index is -3.44. The Hall–Kier alpha value is -0.430. The summed E-state index contributed by atoms with van der Waals surface area (Å²) in [6, 6.07) is 5.35. The van der Waals surface area contributed by atoms with Crippen molar-refractivity contribution in [1.29, 1.82) is 0 Å². The summed E-state index contributed by atoms with van der Waals surface area (Å²) in [4.78, 5) is 0.360. The third kappa shape index (κ3) is 4.02. The highest BCUT2D eigenvalue weighted by atomic mass is 79.9. The lowest BCUT2D eigenvalue weighted by atomic mass is 10.1. The number of benzene rings is 1. The molecule has 0 amide bonds. The smallest absolute Gasteiger partial charge is 0.241 e. The Morgan fingerprint density at radius 3 is 2.89 bits per heavy atom. The highest BCUT2D eigenvalue weighted by Crippen LogP contribution is 2.21. The van der Waals surface area contributed by atoms with Crippen molar-refractivity contribution in [2.45, 2.75) is 37.1 Å². The minimum Gasteiger partial charge on any atom is -0.317 e. The quantitative estimate of drug-likeness (QED) is 0.881. The van der Waals surface area contributed by atoms with E-state index in [0.29, 0.717) is 4.90 Å². The first-order chi connectivity index (χ1) is 8.99. The van der Waals surface area contributed by atoms with Gasteiger partial charge in [-0.1, -0.05) is 22.0 Å². The van der Waals surface area contributed by atoms with Crippen LogP contribution in [0.1, 0.15) is 24.8 Å². The second kappa shape index (κ2) is 6.35. The van der Waals surface area contributed by atoms with Gasteiger partial charge in [-0.25, -0.2) is 13.1 Å². The lowest BCUT2D eigenvalue weighted by Gasteiger charge is -2.17. The van der Waals surface area contributed by atoms with E-state index >= 15 is 0 Å². The second-order valence-electron chi connectivity index (χ2n) is 4.91. The molecule has 4 nitrogen and oxygen atoms in total. The Balaban J connectivity index is 2.19. The molecule has 1 aliphatic rings. The fraction of sp³-hybridized carbons (Fsp3) is 0.538. The van der Waals surface area contributed by atoms with Crippen LogP contribution in [0.25, 0.3) is 0 Å². The summed E-state index contributed by atoms with van der Waals surface area (Å²) < 4.78 is 28.5. The van der Waals surface area contributed by atoms with E-state index in [2.05, 4.69) is 26.0 Å². The van der Waals surface area contributed by atoms with Crippen molar-refractivity contribution in [3.8, 4) is 0 Å². The Morgan fingerprint density at radius 2 is 2.11 bits per heavy atom. The molecule has 6 heteroatoms. The largest absolute Gasteiger partial charge is 0.317 e. The van der Waals surface area contributed by atoms with Crippen LogP contribution in [0.2, 0.25) is 0 Å². The number of nitrogens with one attached hydrogen (secondary N) is 2. The van der Waals surface area contributed by atoms with Gasteiger partial charge in [0.25, 0.3) is 0 Å². The van der Waals surface area contributed by atoms with Gasteiger partial charge in [-0.05, 0) is 57.0 Å². The lowest BCUT2D eigenvalue weighted by molar-refractivity contribution is 0.517. The van der Waals surface area contributed by atoms with E-state index in [4.69, 9.17) is 0 Å². The van der Waals surface area contributed by atoms with Crippen molar-refractivity contribution < 1.29 is 8.42 Å². The van der Waals surface area contributed by atoms with E-state index in [9.17, 15) is 8.42 Å². The fourth-order valence-electron chi connectivity index (χ4n) is 2.28. The van der Waals surface area contributed by atoms with E-state index in [-0.39, 0.29) is 6.04 Å². The van der Waals surface area contributed by atoms with E-state index < -0.39 is 10.0 Å². The van der Waals surface area contributed by atoms with Crippen LogP contribution >= 0.6 is 15.9 Å². The molecule has 0 aliphatic carbocycles. The molecule has 2 N–H and O–H groups in total. The van der Waals surface area contributed by atoms with Crippen LogP contribution in [0.3, 0.4) is 0 Å². The standard InChI is InChI=1S/C13H19BrN2O2S/c1-10-4-5-11(14)9-13(10)19(17,18)16-12-3-2-7-15-8-6-12/h4-5,9,12,15-16H,2-3,6-8H2,1H3. The van der Waals surface area contributed by atoms with Gasteiger partial charge in [-0.15, -0.1) is 0 Å². The summed E-state index contributed by atoms with van der Waals surface area (Å²) in [7, 11) is -3.44. The molecule has 1 aromatic rings. The van der Waals surface area contributed by atoms with Crippen molar-refractivity contribution in [1.82, 2.24) is 10.0 Å². The van der Waals surface area contributed by atoms with Crippen LogP contribution in [0, 0.1) is 6.92 Å². The van der Waals surface area contributed by atoms with Gasteiger partial charge in [0.2, 0.25) is 10.0 Å². The van der Waals surface area contributed by atoms with E-state index in [1.54, 1.807) is 6.07 Å². The van der Waals surface area contributed by atoms with Gasteiger partial charge < -0.3 is 5.32 Å². The average Bonchev–Trinajstić information content (AvgIpc) is 2.60. The Kier molecular flexibility index (Phi) is 5.00. The first-order valence-electron chi connectivity index (χ1n) is 6.48. The molecule has 0 bridgehead atoms. The number of hydrogen-bond donors (Lipinski definition) is 2. The summed E-state index contributed by atoms with van der Waals surface area (Å²) in [5, 5.41) is 3.28. The molecule has 1 saturated heterocycles. The molecule has 106 valence electrons. The van der Waals surface area contributed by atoms with E-state index in [1.807, 2.05) is 19.1 Å². The van der Waals surface area contributed by atoms with Gasteiger partial charge in [-0.3, -0.25) is 0 Å². The third-order valence-electron chi connectivity index (χ3n) is 3.34. The molecule has 0 spiro atoms. The number of aryl methyl sites for hydroxylation is 1. The zero-order chi connectivity index (χ0) is 13.9. The normalized spacial score (nSPS) is 21.1. The molecular weight excluding hydrogens is 328 g/mol. The SMILES string of the molecule is Cc1ccc(Br)cc1S(=O)(=O)NC1CCCNCC1. The second-order valence-corrected chi connectivity index (χ2v) is 7.51. The Labute approximate surface area is 123 Å². The van der Waals surface area contributed by atoms with Crippen molar-refractivity contribution in [2.75, 3.05) is 13.1 Å². The topological polar surface area (TPSA) is 58.2 Å². The fourth-order valence-corrected chi connectivity index (χ4v) is 4.37. The molecule has 1 aliphatic heterocycles. The molecule has 0 aromatic heterocycles. The molecule has 1 unspecified atom stereocenters. The van der Waals surface area contributed by atoms with Gasteiger partial charge in [0.1, 0.15) is 0 Å². The zero-order valence-electron chi connectivity index (χ0n) is 10.9. The molecule has 19 heavy (non-hydrogen) atoms. The van der Waals surface area contributed by atoms with Crippen LogP contribution in [-0.2, 0) is 10.0 Å². The van der Waals surface area contributed by atoms with Gasteiger partial charge in [0.05, 0.1) is 4.90 Å². The molecular formula is C13H19BrN2O2S. The summed E-state index contributed by atoms with van der Waals surface area (Å²) in [6.45, 7) is 3.65. The summed E-state index contributed by atoms with van der Waals surface area (Å²) >= 11 is 3.32. The summed E-state index contributed by atoms with van der Waals surface area (Å²) in [5.41, 5.74) is 0.766. The molecule has 2 rings (SSSR count). The third-order valence-corrected chi connectivity index (χ3v) is 5.49. The monoisotopic (exact) mass is 346 g/mol. The number of rotatable bonds is 3. The van der Waals surface area contributed by atoms with Crippen LogP contribution in [0.4, 0.5) is 0 Å². The van der Waals surface area contributed by atoms with Gasteiger partial charge in [0, 0.05) is 10.5 Å². The van der Waals surface area contributed by atoms with Gasteiger partial charge >= 0.3 is 0 Å². The van der Waals surface area contributed by atoms with Crippen LogP contribution in [0.15, 0.2) is 27.6 Å². The van der Waals surface area contributed by atoms with Crippen LogP contribution < -0.4 is 10.0 Å². The van der Waals surface area contributed by atoms with Crippen molar-refractivity contribution >= 4 is 26.0 Å². The Morgan fingerprint density at radius 1 is 1.32 bits per heavy atom. The molecule has 1 fully saturated rings. The molecule has 1 heterocycles. The molecule has 1 aromatic carbocycles. The molecule has 1 atom stereocenters. The van der Waals surface area contributed by atoms with Crippen LogP contribution in [0.5, 0.6) is 0 Å². The first-order valence-corrected chi connectivity index (χ1v) is 8.76.